The van der Waals surface area contributed by atoms with Crippen molar-refractivity contribution in [3.8, 4) is 0 Å². The molecular weight excluding hydrogens is 385 g/mol. The Kier molecular flexibility index (Phi) is 13.7. The van der Waals surface area contributed by atoms with Gasteiger partial charge in [-0.2, -0.15) is 0 Å². The van der Waals surface area contributed by atoms with E-state index >= 15 is 0 Å². The Labute approximate surface area is 156 Å². The second kappa shape index (κ2) is 12.4. The number of nitrogens with two attached hydrogens (primary N) is 1. The molecule has 3 nitrogen and oxygen atoms in total. The standard InChI is InChI=1S/C16H28BrN3.2ClH/c1-5-19(6-2)11-13-9-15(17)10-14(16(13)18)12-20(7-3)8-4;;/h9-10H,5-8,11-12,18H2,1-4H3;2*1H. The zero-order chi connectivity index (χ0) is 15.1. The molecule has 0 saturated heterocycles. The summed E-state index contributed by atoms with van der Waals surface area (Å²) in [5.74, 6) is 0. The van der Waals surface area contributed by atoms with Crippen LogP contribution in [0.3, 0.4) is 0 Å². The molecule has 0 aromatic heterocycles. The number of nitrogens with zero attached hydrogens (tertiary/aromatic N) is 2. The molecule has 2 N–H and O–H groups in total. The molecule has 1 aromatic rings. The lowest BCUT2D eigenvalue weighted by molar-refractivity contribution is 0.292. The van der Waals surface area contributed by atoms with Gasteiger partial charge in [-0.15, -0.1) is 24.8 Å². The van der Waals surface area contributed by atoms with Crippen molar-refractivity contribution in [1.29, 1.82) is 0 Å². The van der Waals surface area contributed by atoms with Gasteiger partial charge in [-0.05, 0) is 49.4 Å². The van der Waals surface area contributed by atoms with Crippen molar-refractivity contribution < 1.29 is 0 Å². The van der Waals surface area contributed by atoms with Crippen LogP contribution >= 0.6 is 40.7 Å². The van der Waals surface area contributed by atoms with Gasteiger partial charge in [0.1, 0.15) is 0 Å². The van der Waals surface area contributed by atoms with E-state index in [9.17, 15) is 0 Å². The molecule has 0 heterocycles. The van der Waals surface area contributed by atoms with Crippen LogP contribution in [0.4, 0.5) is 5.69 Å². The van der Waals surface area contributed by atoms with Gasteiger partial charge in [-0.3, -0.25) is 9.80 Å². The number of halogens is 3. The van der Waals surface area contributed by atoms with E-state index in [1.807, 2.05) is 0 Å². The van der Waals surface area contributed by atoms with Crippen LogP contribution in [0, 0.1) is 0 Å². The second-order valence-electron chi connectivity index (χ2n) is 5.06. The highest BCUT2D eigenvalue weighted by atomic mass is 79.9. The number of nitrogen functional groups attached to an aromatic ring is 1. The molecule has 6 heteroatoms. The van der Waals surface area contributed by atoms with Crippen molar-refractivity contribution in [2.45, 2.75) is 40.8 Å². The summed E-state index contributed by atoms with van der Waals surface area (Å²) in [5.41, 5.74) is 9.80. The first-order valence-electron chi connectivity index (χ1n) is 7.57. The number of hydrogen-bond acceptors (Lipinski definition) is 3. The van der Waals surface area contributed by atoms with Crippen molar-refractivity contribution in [1.82, 2.24) is 9.80 Å². The van der Waals surface area contributed by atoms with Gasteiger partial charge < -0.3 is 5.73 Å². The van der Waals surface area contributed by atoms with Crippen molar-refractivity contribution in [2.24, 2.45) is 0 Å². The van der Waals surface area contributed by atoms with Crippen LogP contribution in [0.1, 0.15) is 38.8 Å². The van der Waals surface area contributed by atoms with E-state index in [0.717, 1.165) is 49.4 Å². The number of anilines is 1. The summed E-state index contributed by atoms with van der Waals surface area (Å²) in [6.07, 6.45) is 0. The predicted molar refractivity (Wildman–Crippen MR) is 106 cm³/mol. The monoisotopic (exact) mass is 413 g/mol. The van der Waals surface area contributed by atoms with Crippen LogP contribution in [-0.2, 0) is 13.1 Å². The molecular formula is C16H30BrCl2N3. The van der Waals surface area contributed by atoms with Gasteiger partial charge >= 0.3 is 0 Å². The minimum absolute atomic E-state index is 0. The average Bonchev–Trinajstić information content (AvgIpc) is 2.46. The van der Waals surface area contributed by atoms with E-state index in [0.29, 0.717) is 0 Å². The first kappa shape index (κ1) is 24.3. The Bertz CT molecular complexity index is 387. The average molecular weight is 415 g/mol. The van der Waals surface area contributed by atoms with Crippen molar-refractivity contribution in [3.05, 3.63) is 27.7 Å². The highest BCUT2D eigenvalue weighted by molar-refractivity contribution is 9.10. The summed E-state index contributed by atoms with van der Waals surface area (Å²) in [6, 6.07) is 4.30. The molecule has 0 spiro atoms. The first-order valence-corrected chi connectivity index (χ1v) is 8.36. The lowest BCUT2D eigenvalue weighted by Gasteiger charge is -2.23. The smallest absolute Gasteiger partial charge is 0.0406 e. The Hall–Kier alpha value is -0.000000000000000111. The van der Waals surface area contributed by atoms with Gasteiger partial charge in [0.2, 0.25) is 0 Å². The summed E-state index contributed by atoms with van der Waals surface area (Å²) < 4.78 is 1.12. The van der Waals surface area contributed by atoms with Crippen LogP contribution in [0.25, 0.3) is 0 Å². The molecule has 1 rings (SSSR count). The summed E-state index contributed by atoms with van der Waals surface area (Å²) in [7, 11) is 0. The molecule has 0 unspecified atom stereocenters. The van der Waals surface area contributed by atoms with Gasteiger partial charge in [-0.25, -0.2) is 0 Å². The molecule has 0 saturated carbocycles. The lowest BCUT2D eigenvalue weighted by atomic mass is 10.1. The summed E-state index contributed by atoms with van der Waals surface area (Å²) >= 11 is 3.62. The first-order chi connectivity index (χ1) is 9.55. The zero-order valence-corrected chi connectivity index (χ0v) is 17.3. The Balaban J connectivity index is 0. The fourth-order valence-corrected chi connectivity index (χ4v) is 2.93. The van der Waals surface area contributed by atoms with Crippen LogP contribution < -0.4 is 5.73 Å². The zero-order valence-electron chi connectivity index (χ0n) is 14.1. The molecule has 0 aliphatic carbocycles. The summed E-state index contributed by atoms with van der Waals surface area (Å²) in [6.45, 7) is 14.8. The van der Waals surface area contributed by atoms with E-state index in [1.54, 1.807) is 0 Å². The van der Waals surface area contributed by atoms with Crippen molar-refractivity contribution in [3.63, 3.8) is 0 Å². The number of rotatable bonds is 8. The van der Waals surface area contributed by atoms with Crippen LogP contribution in [0.15, 0.2) is 16.6 Å². The molecule has 0 amide bonds. The van der Waals surface area contributed by atoms with E-state index in [-0.39, 0.29) is 24.8 Å². The van der Waals surface area contributed by atoms with E-state index < -0.39 is 0 Å². The van der Waals surface area contributed by atoms with Gasteiger partial charge in [0.25, 0.3) is 0 Å². The summed E-state index contributed by atoms with van der Waals surface area (Å²) in [5, 5.41) is 0. The molecule has 0 bridgehead atoms. The normalized spacial score (nSPS) is 10.5. The quantitative estimate of drug-likeness (QED) is 0.632. The fraction of sp³-hybridized carbons (Fsp3) is 0.625. The van der Waals surface area contributed by atoms with Crippen LogP contribution in [-0.4, -0.2) is 36.0 Å². The van der Waals surface area contributed by atoms with Crippen LogP contribution in [0.5, 0.6) is 0 Å². The van der Waals surface area contributed by atoms with Gasteiger partial charge in [0, 0.05) is 23.2 Å². The van der Waals surface area contributed by atoms with E-state index in [4.69, 9.17) is 5.73 Å². The molecule has 130 valence electrons. The predicted octanol–water partition coefficient (Wildman–Crippen LogP) is 4.56. The van der Waals surface area contributed by atoms with Gasteiger partial charge in [0.15, 0.2) is 0 Å². The minimum Gasteiger partial charge on any atom is -0.398 e. The number of benzene rings is 1. The molecule has 0 aliphatic heterocycles. The molecule has 0 atom stereocenters. The fourth-order valence-electron chi connectivity index (χ4n) is 2.37. The van der Waals surface area contributed by atoms with E-state index in [2.05, 4.69) is 65.6 Å². The summed E-state index contributed by atoms with van der Waals surface area (Å²) in [4.78, 5) is 4.78. The largest absolute Gasteiger partial charge is 0.398 e. The third-order valence-corrected chi connectivity index (χ3v) is 4.35. The maximum atomic E-state index is 6.39. The lowest BCUT2D eigenvalue weighted by Crippen LogP contribution is -2.25. The van der Waals surface area contributed by atoms with Crippen LogP contribution in [0.2, 0.25) is 0 Å². The Morgan fingerprint density at radius 1 is 0.818 bits per heavy atom. The Morgan fingerprint density at radius 2 is 1.14 bits per heavy atom. The molecule has 22 heavy (non-hydrogen) atoms. The topological polar surface area (TPSA) is 32.5 Å². The minimum atomic E-state index is 0. The second-order valence-corrected chi connectivity index (χ2v) is 5.98. The molecule has 0 fully saturated rings. The number of hydrogen-bond donors (Lipinski definition) is 1. The van der Waals surface area contributed by atoms with E-state index in [1.165, 1.54) is 11.1 Å². The maximum Gasteiger partial charge on any atom is 0.0406 e. The highest BCUT2D eigenvalue weighted by Gasteiger charge is 2.12. The molecule has 0 aliphatic rings. The van der Waals surface area contributed by atoms with Gasteiger partial charge in [0.05, 0.1) is 0 Å². The molecule has 1 aromatic carbocycles. The Morgan fingerprint density at radius 3 is 1.41 bits per heavy atom. The highest BCUT2D eigenvalue weighted by Crippen LogP contribution is 2.26. The third-order valence-electron chi connectivity index (χ3n) is 3.89. The van der Waals surface area contributed by atoms with Crippen molar-refractivity contribution in [2.75, 3.05) is 31.9 Å². The van der Waals surface area contributed by atoms with Gasteiger partial charge in [-0.1, -0.05) is 43.6 Å². The maximum absolute atomic E-state index is 6.39. The van der Waals surface area contributed by atoms with Crippen molar-refractivity contribution >= 4 is 46.4 Å². The SMILES string of the molecule is CCN(CC)Cc1cc(Br)cc(CN(CC)CC)c1N.Cl.Cl. The molecule has 0 radical (unpaired) electrons. The third kappa shape index (κ3) is 7.05.